The van der Waals surface area contributed by atoms with Gasteiger partial charge in [-0.3, -0.25) is 9.59 Å². The molecular weight excluding hydrogens is 270 g/mol. The van der Waals surface area contributed by atoms with Crippen molar-refractivity contribution >= 4 is 27.4 Å². The van der Waals surface area contributed by atoms with Gasteiger partial charge in [-0.15, -0.1) is 0 Å². The fourth-order valence-electron chi connectivity index (χ4n) is 2.10. The van der Waals surface area contributed by atoms with Crippen LogP contribution in [0.25, 0.3) is 0 Å². The monoisotopic (exact) mass is 283 g/mol. The highest BCUT2D eigenvalue weighted by atomic mass is 32.2. The number of carboxylic acids is 1. The standard InChI is InChI=1S/C12H13NO5S/c1-19(17,18)10-5-3-2-4-9(10)13-7-8(12(15)16)6-11(13)14/h2-5,8H,6-7H2,1H3,(H,15,16). The molecule has 0 aliphatic carbocycles. The minimum absolute atomic E-state index is 0.000694. The van der Waals surface area contributed by atoms with Gasteiger partial charge in [-0.1, -0.05) is 12.1 Å². The van der Waals surface area contributed by atoms with Crippen molar-refractivity contribution in [3.63, 3.8) is 0 Å². The Morgan fingerprint density at radius 2 is 2.00 bits per heavy atom. The number of rotatable bonds is 3. The van der Waals surface area contributed by atoms with Crippen LogP contribution in [0.2, 0.25) is 0 Å². The van der Waals surface area contributed by atoms with E-state index in [2.05, 4.69) is 0 Å². The zero-order valence-corrected chi connectivity index (χ0v) is 11.1. The van der Waals surface area contributed by atoms with Gasteiger partial charge in [0.2, 0.25) is 5.91 Å². The molecule has 1 aromatic rings. The topological polar surface area (TPSA) is 91.8 Å². The number of hydrogen-bond donors (Lipinski definition) is 1. The molecule has 2 rings (SSSR count). The lowest BCUT2D eigenvalue weighted by atomic mass is 10.1. The smallest absolute Gasteiger partial charge is 0.308 e. The first-order valence-electron chi connectivity index (χ1n) is 5.63. The van der Waals surface area contributed by atoms with E-state index >= 15 is 0 Å². The summed E-state index contributed by atoms with van der Waals surface area (Å²) in [7, 11) is -3.47. The predicted molar refractivity (Wildman–Crippen MR) is 67.6 cm³/mol. The van der Waals surface area contributed by atoms with Gasteiger partial charge in [-0.25, -0.2) is 8.42 Å². The predicted octanol–water partition coefficient (Wildman–Crippen LogP) is 0.528. The number of anilines is 1. The van der Waals surface area contributed by atoms with Gasteiger partial charge in [-0.2, -0.15) is 0 Å². The van der Waals surface area contributed by atoms with E-state index < -0.39 is 21.7 Å². The third kappa shape index (κ3) is 2.60. The molecule has 0 spiro atoms. The molecule has 102 valence electrons. The second-order valence-corrected chi connectivity index (χ2v) is 6.47. The lowest BCUT2D eigenvalue weighted by Crippen LogP contribution is -2.27. The summed E-state index contributed by atoms with van der Waals surface area (Å²) >= 11 is 0. The van der Waals surface area contributed by atoms with E-state index in [4.69, 9.17) is 5.11 Å². The fourth-order valence-corrected chi connectivity index (χ4v) is 2.98. The largest absolute Gasteiger partial charge is 0.481 e. The van der Waals surface area contributed by atoms with E-state index in [1.54, 1.807) is 12.1 Å². The third-order valence-corrected chi connectivity index (χ3v) is 4.17. The molecule has 19 heavy (non-hydrogen) atoms. The summed E-state index contributed by atoms with van der Waals surface area (Å²) in [6.45, 7) is 0.000694. The Balaban J connectivity index is 2.44. The zero-order chi connectivity index (χ0) is 14.2. The van der Waals surface area contributed by atoms with E-state index in [0.717, 1.165) is 6.26 Å². The van der Waals surface area contributed by atoms with E-state index in [9.17, 15) is 18.0 Å². The summed E-state index contributed by atoms with van der Waals surface area (Å²) in [6, 6.07) is 6.10. The van der Waals surface area contributed by atoms with Crippen LogP contribution in [0.15, 0.2) is 29.2 Å². The van der Waals surface area contributed by atoms with Crippen molar-refractivity contribution in [3.05, 3.63) is 24.3 Å². The highest BCUT2D eigenvalue weighted by Crippen LogP contribution is 2.30. The quantitative estimate of drug-likeness (QED) is 0.873. The van der Waals surface area contributed by atoms with Crippen molar-refractivity contribution in [1.82, 2.24) is 0 Å². The van der Waals surface area contributed by atoms with Crippen LogP contribution in [0, 0.1) is 5.92 Å². The minimum Gasteiger partial charge on any atom is -0.481 e. The summed E-state index contributed by atoms with van der Waals surface area (Å²) in [5, 5.41) is 8.93. The van der Waals surface area contributed by atoms with E-state index in [0.29, 0.717) is 0 Å². The summed E-state index contributed by atoms with van der Waals surface area (Å²) < 4.78 is 23.4. The summed E-state index contributed by atoms with van der Waals surface area (Å²) in [4.78, 5) is 24.0. The lowest BCUT2D eigenvalue weighted by molar-refractivity contribution is -0.141. The number of amides is 1. The van der Waals surface area contributed by atoms with Crippen LogP contribution in [-0.4, -0.2) is 38.2 Å². The molecule has 0 radical (unpaired) electrons. The van der Waals surface area contributed by atoms with Gasteiger partial charge in [0.25, 0.3) is 0 Å². The maximum atomic E-state index is 11.8. The summed E-state index contributed by atoms with van der Waals surface area (Å²) in [5.41, 5.74) is 0.249. The Morgan fingerprint density at radius 1 is 1.37 bits per heavy atom. The number of carboxylic acid groups (broad SMARTS) is 1. The maximum Gasteiger partial charge on any atom is 0.308 e. The van der Waals surface area contributed by atoms with Crippen molar-refractivity contribution in [3.8, 4) is 0 Å². The van der Waals surface area contributed by atoms with Crippen molar-refractivity contribution in [2.75, 3.05) is 17.7 Å². The molecule has 1 saturated heterocycles. The zero-order valence-electron chi connectivity index (χ0n) is 10.2. The van der Waals surface area contributed by atoms with Crippen LogP contribution in [0.4, 0.5) is 5.69 Å². The molecule has 1 aromatic carbocycles. The summed E-state index contributed by atoms with van der Waals surface area (Å²) in [5.74, 6) is -2.21. The van der Waals surface area contributed by atoms with E-state index in [1.165, 1.54) is 17.0 Å². The normalized spacial score (nSPS) is 19.7. The SMILES string of the molecule is CS(=O)(=O)c1ccccc1N1CC(C(=O)O)CC1=O. The first-order valence-corrected chi connectivity index (χ1v) is 7.52. The molecule has 1 aliphatic heterocycles. The van der Waals surface area contributed by atoms with Crippen molar-refractivity contribution in [2.24, 2.45) is 5.92 Å². The molecule has 1 atom stereocenters. The first-order chi connectivity index (χ1) is 8.80. The van der Waals surface area contributed by atoms with Gasteiger partial charge >= 0.3 is 5.97 Å². The van der Waals surface area contributed by atoms with E-state index in [-0.39, 0.29) is 29.5 Å². The Labute approximate surface area is 110 Å². The van der Waals surface area contributed by atoms with Crippen LogP contribution in [-0.2, 0) is 19.4 Å². The van der Waals surface area contributed by atoms with Gasteiger partial charge in [0, 0.05) is 19.2 Å². The van der Waals surface area contributed by atoms with Crippen LogP contribution in [0.3, 0.4) is 0 Å². The number of sulfone groups is 1. The molecule has 0 aromatic heterocycles. The number of benzene rings is 1. The molecule has 1 N–H and O–H groups in total. The number of nitrogens with zero attached hydrogens (tertiary/aromatic N) is 1. The molecule has 7 heteroatoms. The van der Waals surface area contributed by atoms with Crippen molar-refractivity contribution < 1.29 is 23.1 Å². The third-order valence-electron chi connectivity index (χ3n) is 3.03. The van der Waals surface area contributed by atoms with Crippen molar-refractivity contribution in [2.45, 2.75) is 11.3 Å². The fraction of sp³-hybridized carbons (Fsp3) is 0.333. The molecule has 1 unspecified atom stereocenters. The second-order valence-electron chi connectivity index (χ2n) is 4.48. The van der Waals surface area contributed by atoms with Gasteiger partial charge < -0.3 is 10.0 Å². The highest BCUT2D eigenvalue weighted by molar-refractivity contribution is 7.90. The number of carbonyl (C=O) groups is 2. The lowest BCUT2D eigenvalue weighted by Gasteiger charge is -2.19. The highest BCUT2D eigenvalue weighted by Gasteiger charge is 2.36. The molecule has 1 heterocycles. The Bertz CT molecular complexity index is 637. The van der Waals surface area contributed by atoms with E-state index in [1.807, 2.05) is 0 Å². The minimum atomic E-state index is -3.47. The molecule has 1 fully saturated rings. The van der Waals surface area contributed by atoms with Crippen LogP contribution in [0.1, 0.15) is 6.42 Å². The number of hydrogen-bond acceptors (Lipinski definition) is 4. The molecule has 0 bridgehead atoms. The first kappa shape index (κ1) is 13.5. The van der Waals surface area contributed by atoms with Crippen LogP contribution < -0.4 is 4.90 Å². The van der Waals surface area contributed by atoms with Gasteiger partial charge in [0.1, 0.15) is 0 Å². The van der Waals surface area contributed by atoms with Crippen LogP contribution >= 0.6 is 0 Å². The molecule has 6 nitrogen and oxygen atoms in total. The number of para-hydroxylation sites is 1. The van der Waals surface area contributed by atoms with Crippen LogP contribution in [0.5, 0.6) is 0 Å². The van der Waals surface area contributed by atoms with Gasteiger partial charge in [-0.05, 0) is 12.1 Å². The number of carbonyl (C=O) groups excluding carboxylic acids is 1. The summed E-state index contributed by atoms with van der Waals surface area (Å²) in [6.07, 6.45) is 0.953. The second kappa shape index (κ2) is 4.65. The Hall–Kier alpha value is -1.89. The Morgan fingerprint density at radius 3 is 2.53 bits per heavy atom. The molecule has 0 saturated carbocycles. The van der Waals surface area contributed by atoms with Gasteiger partial charge in [0.15, 0.2) is 9.84 Å². The van der Waals surface area contributed by atoms with Gasteiger partial charge in [0.05, 0.1) is 16.5 Å². The average molecular weight is 283 g/mol. The molecule has 1 aliphatic rings. The van der Waals surface area contributed by atoms with Crippen molar-refractivity contribution in [1.29, 1.82) is 0 Å². The maximum absolute atomic E-state index is 11.8. The molecule has 1 amide bonds. The average Bonchev–Trinajstić information content (AvgIpc) is 2.70. The number of aliphatic carboxylic acids is 1. The Kier molecular flexibility index (Phi) is 3.32. The molecular formula is C12H13NO5S.